The van der Waals surface area contributed by atoms with E-state index in [-0.39, 0.29) is 40.8 Å². The SMILES string of the molecule is C[C@@]1(C(F)(F)F)CN(c2ccc([C@H]3C(F)(F)[C@]3(C)C(=O)NCCN=S3(=O)CCCC3)cc2)c2cnc3cc(Cl)nn3c21. The highest BCUT2D eigenvalue weighted by Gasteiger charge is 2.82. The van der Waals surface area contributed by atoms with E-state index in [2.05, 4.69) is 19.8 Å². The highest BCUT2D eigenvalue weighted by molar-refractivity contribution is 7.93. The summed E-state index contributed by atoms with van der Waals surface area (Å²) in [7, 11) is -2.26. The molecule has 42 heavy (non-hydrogen) atoms. The van der Waals surface area contributed by atoms with E-state index < -0.39 is 51.0 Å². The van der Waals surface area contributed by atoms with Gasteiger partial charge < -0.3 is 10.2 Å². The van der Waals surface area contributed by atoms with Gasteiger partial charge in [0.1, 0.15) is 10.8 Å². The summed E-state index contributed by atoms with van der Waals surface area (Å²) in [5.41, 5.74) is -3.60. The summed E-state index contributed by atoms with van der Waals surface area (Å²) in [4.78, 5) is 18.5. The number of anilines is 2. The zero-order chi connectivity index (χ0) is 30.3. The lowest BCUT2D eigenvalue weighted by molar-refractivity contribution is -0.181. The van der Waals surface area contributed by atoms with Crippen LogP contribution >= 0.6 is 11.6 Å². The van der Waals surface area contributed by atoms with Gasteiger partial charge in [-0.2, -0.15) is 18.3 Å². The fourth-order valence-electron chi connectivity index (χ4n) is 6.20. The van der Waals surface area contributed by atoms with Crippen molar-refractivity contribution in [3.63, 3.8) is 0 Å². The lowest BCUT2D eigenvalue weighted by atomic mass is 9.87. The maximum Gasteiger partial charge on any atom is 0.401 e. The lowest BCUT2D eigenvalue weighted by Gasteiger charge is -2.28. The summed E-state index contributed by atoms with van der Waals surface area (Å²) in [6.07, 6.45) is -1.65. The van der Waals surface area contributed by atoms with Crippen LogP contribution < -0.4 is 10.2 Å². The van der Waals surface area contributed by atoms with Gasteiger partial charge in [0.2, 0.25) is 5.91 Å². The second kappa shape index (κ2) is 9.50. The highest BCUT2D eigenvalue weighted by Crippen LogP contribution is 2.71. The number of amides is 1. The molecule has 3 aromatic rings. The van der Waals surface area contributed by atoms with Crippen LogP contribution in [0.2, 0.25) is 5.15 Å². The quantitative estimate of drug-likeness (QED) is 0.288. The molecule has 2 aliphatic heterocycles. The van der Waals surface area contributed by atoms with E-state index in [1.54, 1.807) is 0 Å². The second-order valence-electron chi connectivity index (χ2n) is 11.5. The van der Waals surface area contributed by atoms with Gasteiger partial charge in [0.15, 0.2) is 10.8 Å². The van der Waals surface area contributed by atoms with Crippen molar-refractivity contribution < 1.29 is 31.0 Å². The first-order valence-corrected chi connectivity index (χ1v) is 15.7. The van der Waals surface area contributed by atoms with E-state index in [0.29, 0.717) is 17.2 Å². The van der Waals surface area contributed by atoms with Crippen LogP contribution in [0.25, 0.3) is 5.65 Å². The molecule has 4 heterocycles. The van der Waals surface area contributed by atoms with E-state index in [0.717, 1.165) is 24.3 Å². The van der Waals surface area contributed by atoms with E-state index in [1.165, 1.54) is 48.4 Å². The molecule has 8 nitrogen and oxygen atoms in total. The van der Waals surface area contributed by atoms with Crippen molar-refractivity contribution in [2.45, 2.75) is 50.1 Å². The molecule has 2 fully saturated rings. The van der Waals surface area contributed by atoms with Crippen LogP contribution in [-0.4, -0.2) is 68.0 Å². The molecule has 0 bridgehead atoms. The van der Waals surface area contributed by atoms with Crippen LogP contribution in [-0.2, 0) is 19.9 Å². The van der Waals surface area contributed by atoms with E-state index >= 15 is 8.78 Å². The molecular formula is C27H28ClF5N6O2S. The predicted octanol–water partition coefficient (Wildman–Crippen LogP) is 5.47. The number of alkyl halides is 5. The molecule has 3 atom stereocenters. The summed E-state index contributed by atoms with van der Waals surface area (Å²) in [6.45, 7) is 1.87. The van der Waals surface area contributed by atoms with Gasteiger partial charge in [-0.25, -0.2) is 26.9 Å². The molecule has 15 heteroatoms. The van der Waals surface area contributed by atoms with E-state index in [1.807, 2.05) is 0 Å². The molecule has 1 amide bonds. The van der Waals surface area contributed by atoms with Crippen LogP contribution in [0.15, 0.2) is 40.9 Å². The van der Waals surface area contributed by atoms with E-state index in [4.69, 9.17) is 11.6 Å². The minimum Gasteiger partial charge on any atom is -0.354 e. The largest absolute Gasteiger partial charge is 0.401 e. The van der Waals surface area contributed by atoms with Crippen molar-refractivity contribution >= 4 is 44.3 Å². The first-order valence-electron chi connectivity index (χ1n) is 13.5. The minimum absolute atomic E-state index is 0.000633. The summed E-state index contributed by atoms with van der Waals surface area (Å²) in [5, 5.41) is 6.53. The Labute approximate surface area is 243 Å². The Hall–Kier alpha value is -3.00. The van der Waals surface area contributed by atoms with Crippen molar-refractivity contribution in [3.8, 4) is 0 Å². The normalized spacial score (nSPS) is 27.7. The maximum absolute atomic E-state index is 15.1. The van der Waals surface area contributed by atoms with Gasteiger partial charge in [-0.3, -0.25) is 4.79 Å². The number of hydrogen-bond donors (Lipinski definition) is 1. The molecule has 1 saturated heterocycles. The molecule has 0 unspecified atom stereocenters. The Morgan fingerprint density at radius 3 is 2.50 bits per heavy atom. The van der Waals surface area contributed by atoms with Crippen molar-refractivity contribution in [1.82, 2.24) is 19.9 Å². The predicted molar refractivity (Wildman–Crippen MR) is 148 cm³/mol. The monoisotopic (exact) mass is 630 g/mol. The number of nitrogens with zero attached hydrogens (tertiary/aromatic N) is 5. The zero-order valence-electron chi connectivity index (χ0n) is 22.7. The third-order valence-electron chi connectivity index (χ3n) is 8.81. The number of benzene rings is 1. The Balaban J connectivity index is 1.23. The molecule has 0 radical (unpaired) electrons. The molecule has 1 aliphatic carbocycles. The molecule has 0 spiro atoms. The van der Waals surface area contributed by atoms with Gasteiger partial charge in [-0.15, -0.1) is 0 Å². The van der Waals surface area contributed by atoms with E-state index in [9.17, 15) is 22.2 Å². The fraction of sp³-hybridized carbons (Fsp3) is 0.519. The van der Waals surface area contributed by atoms with Crippen LogP contribution in [0, 0.1) is 5.41 Å². The summed E-state index contributed by atoms with van der Waals surface area (Å²) >= 11 is 5.96. The molecule has 3 aliphatic rings. The lowest BCUT2D eigenvalue weighted by Crippen LogP contribution is -2.43. The number of rotatable bonds is 6. The number of aromatic nitrogens is 3. The minimum atomic E-state index is -4.64. The Kier molecular flexibility index (Phi) is 6.58. The Morgan fingerprint density at radius 1 is 1.19 bits per heavy atom. The van der Waals surface area contributed by atoms with Gasteiger partial charge in [-0.05, 0) is 44.4 Å². The standard InChI is InChI=1S/C27H28ClF5N6O2S/c1-24(27(31,32)33)15-38(18-14-35-20-13-19(28)37-39(20)22(18)24)17-7-5-16(6-8-17)21-25(2,26(21,29)30)23(40)34-9-10-36-42(41)11-3-4-12-42/h5-8,13-14,21H,3-4,9-12,15H2,1-2H3,(H,34,40)/t21-,24-,25+/m1/s1. The molecule has 6 rings (SSSR count). The fourth-order valence-corrected chi connectivity index (χ4v) is 8.57. The second-order valence-corrected chi connectivity index (χ2v) is 14.5. The van der Waals surface area contributed by atoms with Crippen LogP contribution in [0.4, 0.5) is 33.3 Å². The molecular weight excluding hydrogens is 603 g/mol. The van der Waals surface area contributed by atoms with Crippen molar-refractivity contribution in [1.29, 1.82) is 0 Å². The first-order chi connectivity index (χ1) is 19.6. The summed E-state index contributed by atoms with van der Waals surface area (Å²) in [6, 6.07) is 7.11. The molecule has 1 aromatic carbocycles. The third kappa shape index (κ3) is 4.27. The van der Waals surface area contributed by atoms with Crippen LogP contribution in [0.3, 0.4) is 0 Å². The van der Waals surface area contributed by atoms with Gasteiger partial charge >= 0.3 is 6.18 Å². The first kappa shape index (κ1) is 29.1. The van der Waals surface area contributed by atoms with Gasteiger partial charge in [-0.1, -0.05) is 23.7 Å². The third-order valence-corrected chi connectivity index (χ3v) is 11.5. The maximum atomic E-state index is 15.1. The Morgan fingerprint density at radius 2 is 1.86 bits per heavy atom. The number of carbonyl (C=O) groups excluding carboxylic acids is 1. The number of hydrogen-bond acceptors (Lipinski definition) is 6. The van der Waals surface area contributed by atoms with Crippen molar-refractivity contribution in [2.75, 3.05) is 36.0 Å². The van der Waals surface area contributed by atoms with Gasteiger partial charge in [0.25, 0.3) is 5.92 Å². The highest BCUT2D eigenvalue weighted by atomic mass is 35.5. The zero-order valence-corrected chi connectivity index (χ0v) is 24.3. The summed E-state index contributed by atoms with van der Waals surface area (Å²) in [5.74, 6) is -4.55. The van der Waals surface area contributed by atoms with Gasteiger partial charge in [0.05, 0.1) is 30.0 Å². The molecule has 1 N–H and O–H groups in total. The molecule has 226 valence electrons. The van der Waals surface area contributed by atoms with Crippen molar-refractivity contribution in [2.24, 2.45) is 9.78 Å². The molecule has 2 aromatic heterocycles. The number of fused-ring (bicyclic) bond motifs is 3. The molecule has 1 saturated carbocycles. The number of carbonyl (C=O) groups is 1. The average molecular weight is 631 g/mol. The Bertz CT molecular complexity index is 1690. The average Bonchev–Trinajstić information content (AvgIpc) is 3.40. The smallest absolute Gasteiger partial charge is 0.354 e. The van der Waals surface area contributed by atoms with Gasteiger partial charge in [0, 0.05) is 46.1 Å². The van der Waals surface area contributed by atoms with Crippen LogP contribution in [0.1, 0.15) is 43.9 Å². The number of halogens is 6. The number of nitrogens with one attached hydrogen (secondary N) is 1. The summed E-state index contributed by atoms with van der Waals surface area (Å²) < 4.78 is 91.1. The topological polar surface area (TPSA) is 92.0 Å². The van der Waals surface area contributed by atoms with Crippen molar-refractivity contribution in [3.05, 3.63) is 52.9 Å². The van der Waals surface area contributed by atoms with Crippen LogP contribution in [0.5, 0.6) is 0 Å².